The van der Waals surface area contributed by atoms with E-state index in [1.54, 1.807) is 28.8 Å². The predicted molar refractivity (Wildman–Crippen MR) is 96.7 cm³/mol. The van der Waals surface area contributed by atoms with Crippen molar-refractivity contribution in [2.75, 3.05) is 13.1 Å². The molecule has 0 saturated carbocycles. The van der Waals surface area contributed by atoms with E-state index in [9.17, 15) is 13.2 Å². The Kier molecular flexibility index (Phi) is 5.39. The number of rotatable bonds is 5. The standard InChI is InChI=1S/C16H20N2O3S3/c1-12(14-6-3-9-22-14)17-16(19)13-5-2-8-18(11-13)24(20,21)15-7-4-10-23-15/h3-4,6-7,9-10,12-13H,2,5,8,11H2,1H3,(H,17,19). The minimum Gasteiger partial charge on any atom is -0.348 e. The van der Waals surface area contributed by atoms with Gasteiger partial charge < -0.3 is 5.32 Å². The van der Waals surface area contributed by atoms with E-state index in [-0.39, 0.29) is 24.4 Å². The number of nitrogens with one attached hydrogen (secondary N) is 1. The van der Waals surface area contributed by atoms with Gasteiger partial charge in [-0.05, 0) is 42.7 Å². The van der Waals surface area contributed by atoms with E-state index >= 15 is 0 Å². The molecule has 0 aliphatic carbocycles. The van der Waals surface area contributed by atoms with Gasteiger partial charge in [-0.3, -0.25) is 4.79 Å². The molecule has 8 heteroatoms. The highest BCUT2D eigenvalue weighted by Gasteiger charge is 2.34. The summed E-state index contributed by atoms with van der Waals surface area (Å²) >= 11 is 2.82. The third-order valence-corrected chi connectivity index (χ3v) is 8.47. The average Bonchev–Trinajstić information content (AvgIpc) is 3.28. The molecule has 130 valence electrons. The molecule has 2 unspecified atom stereocenters. The van der Waals surface area contributed by atoms with Crippen LogP contribution in [0, 0.1) is 5.92 Å². The molecule has 1 aliphatic heterocycles. The fourth-order valence-corrected chi connectivity index (χ4v) is 6.26. The number of piperidine rings is 1. The molecule has 1 fully saturated rings. The molecule has 3 heterocycles. The Labute approximate surface area is 150 Å². The van der Waals surface area contributed by atoms with Gasteiger partial charge in [0.25, 0.3) is 10.0 Å². The molecule has 2 aromatic rings. The van der Waals surface area contributed by atoms with Crippen LogP contribution in [0.25, 0.3) is 0 Å². The van der Waals surface area contributed by atoms with Crippen molar-refractivity contribution < 1.29 is 13.2 Å². The number of hydrogen-bond acceptors (Lipinski definition) is 5. The zero-order chi connectivity index (χ0) is 17.2. The zero-order valence-corrected chi connectivity index (χ0v) is 15.8. The Bertz CT molecular complexity index is 770. The van der Waals surface area contributed by atoms with Crippen LogP contribution in [0.3, 0.4) is 0 Å². The average molecular weight is 385 g/mol. The Morgan fingerprint density at radius 3 is 2.71 bits per heavy atom. The van der Waals surface area contributed by atoms with Gasteiger partial charge in [-0.1, -0.05) is 12.1 Å². The monoisotopic (exact) mass is 384 g/mol. The van der Waals surface area contributed by atoms with Gasteiger partial charge in [0.2, 0.25) is 5.91 Å². The van der Waals surface area contributed by atoms with Crippen molar-refractivity contribution in [2.45, 2.75) is 30.0 Å². The summed E-state index contributed by atoms with van der Waals surface area (Å²) in [5.41, 5.74) is 0. The summed E-state index contributed by atoms with van der Waals surface area (Å²) in [6.07, 6.45) is 1.43. The Balaban J connectivity index is 1.66. The van der Waals surface area contributed by atoms with Crippen LogP contribution in [-0.2, 0) is 14.8 Å². The van der Waals surface area contributed by atoms with Crippen LogP contribution in [-0.4, -0.2) is 31.7 Å². The fourth-order valence-electron chi connectivity index (χ4n) is 2.85. The molecule has 3 rings (SSSR count). The normalized spacial score (nSPS) is 20.6. The summed E-state index contributed by atoms with van der Waals surface area (Å²) in [4.78, 5) is 13.6. The Morgan fingerprint density at radius 1 is 1.29 bits per heavy atom. The van der Waals surface area contributed by atoms with E-state index in [0.29, 0.717) is 17.2 Å². The van der Waals surface area contributed by atoms with Crippen molar-refractivity contribution in [3.05, 3.63) is 39.9 Å². The Hall–Kier alpha value is -1.22. The van der Waals surface area contributed by atoms with Gasteiger partial charge >= 0.3 is 0 Å². The van der Waals surface area contributed by atoms with Crippen LogP contribution in [0.1, 0.15) is 30.7 Å². The molecule has 1 aliphatic rings. The first-order chi connectivity index (χ1) is 11.5. The van der Waals surface area contributed by atoms with Gasteiger partial charge in [0.05, 0.1) is 12.0 Å². The molecule has 24 heavy (non-hydrogen) atoms. The number of hydrogen-bond donors (Lipinski definition) is 1. The molecule has 0 spiro atoms. The van der Waals surface area contributed by atoms with E-state index in [1.165, 1.54) is 15.6 Å². The van der Waals surface area contributed by atoms with Crippen molar-refractivity contribution in [1.82, 2.24) is 9.62 Å². The van der Waals surface area contributed by atoms with Crippen LogP contribution in [0.2, 0.25) is 0 Å². The molecule has 0 bridgehead atoms. The quantitative estimate of drug-likeness (QED) is 0.861. The summed E-state index contributed by atoms with van der Waals surface area (Å²) in [6, 6.07) is 7.24. The summed E-state index contributed by atoms with van der Waals surface area (Å²) in [6.45, 7) is 2.68. The lowest BCUT2D eigenvalue weighted by molar-refractivity contribution is -0.126. The van der Waals surface area contributed by atoms with Crippen molar-refractivity contribution in [3.63, 3.8) is 0 Å². The summed E-state index contributed by atoms with van der Waals surface area (Å²) in [5.74, 6) is -0.363. The molecule has 2 atom stereocenters. The smallest absolute Gasteiger partial charge is 0.252 e. The predicted octanol–water partition coefficient (Wildman–Crippen LogP) is 3.09. The van der Waals surface area contributed by atoms with Crippen molar-refractivity contribution in [3.8, 4) is 0 Å². The highest BCUT2D eigenvalue weighted by molar-refractivity contribution is 7.91. The topological polar surface area (TPSA) is 66.5 Å². The van der Waals surface area contributed by atoms with E-state index < -0.39 is 10.0 Å². The van der Waals surface area contributed by atoms with Gasteiger partial charge in [0, 0.05) is 18.0 Å². The molecule has 1 amide bonds. The second-order valence-electron chi connectivity index (χ2n) is 5.88. The summed E-state index contributed by atoms with van der Waals surface area (Å²) in [5, 5.41) is 6.75. The fraction of sp³-hybridized carbons (Fsp3) is 0.438. The molecule has 0 radical (unpaired) electrons. The van der Waals surface area contributed by atoms with E-state index in [0.717, 1.165) is 11.3 Å². The van der Waals surface area contributed by atoms with E-state index in [2.05, 4.69) is 5.32 Å². The van der Waals surface area contributed by atoms with Crippen LogP contribution >= 0.6 is 22.7 Å². The third-order valence-electron chi connectivity index (χ3n) is 4.17. The maximum atomic E-state index is 12.6. The molecule has 2 aromatic heterocycles. The number of carbonyl (C=O) groups is 1. The molecule has 1 saturated heterocycles. The molecular formula is C16H20N2O3S3. The van der Waals surface area contributed by atoms with Crippen LogP contribution in [0.5, 0.6) is 0 Å². The summed E-state index contributed by atoms with van der Waals surface area (Å²) < 4.78 is 27.1. The summed E-state index contributed by atoms with van der Waals surface area (Å²) in [7, 11) is -3.48. The van der Waals surface area contributed by atoms with Crippen LogP contribution in [0.4, 0.5) is 0 Å². The first-order valence-electron chi connectivity index (χ1n) is 7.86. The van der Waals surface area contributed by atoms with E-state index in [4.69, 9.17) is 0 Å². The first kappa shape index (κ1) is 17.6. The first-order valence-corrected chi connectivity index (χ1v) is 11.1. The van der Waals surface area contributed by atoms with Crippen molar-refractivity contribution >= 4 is 38.6 Å². The van der Waals surface area contributed by atoms with Crippen molar-refractivity contribution in [1.29, 1.82) is 0 Å². The second-order valence-corrected chi connectivity index (χ2v) is 9.97. The van der Waals surface area contributed by atoms with Crippen LogP contribution in [0.15, 0.2) is 39.2 Å². The Morgan fingerprint density at radius 2 is 2.04 bits per heavy atom. The van der Waals surface area contributed by atoms with Gasteiger partial charge in [0.1, 0.15) is 4.21 Å². The van der Waals surface area contributed by atoms with Gasteiger partial charge in [-0.2, -0.15) is 4.31 Å². The van der Waals surface area contributed by atoms with Crippen LogP contribution < -0.4 is 5.32 Å². The number of carbonyl (C=O) groups excluding carboxylic acids is 1. The van der Waals surface area contributed by atoms with E-state index in [1.807, 2.05) is 24.4 Å². The molecule has 0 aromatic carbocycles. The highest BCUT2D eigenvalue weighted by atomic mass is 32.2. The largest absolute Gasteiger partial charge is 0.348 e. The number of sulfonamides is 1. The maximum Gasteiger partial charge on any atom is 0.252 e. The highest BCUT2D eigenvalue weighted by Crippen LogP contribution is 2.27. The van der Waals surface area contributed by atoms with Gasteiger partial charge in [-0.15, -0.1) is 22.7 Å². The lowest BCUT2D eigenvalue weighted by Crippen LogP contribution is -2.45. The molecular weight excluding hydrogens is 364 g/mol. The van der Waals surface area contributed by atoms with Crippen molar-refractivity contribution in [2.24, 2.45) is 5.92 Å². The lowest BCUT2D eigenvalue weighted by atomic mass is 9.98. The van der Waals surface area contributed by atoms with Gasteiger partial charge in [0.15, 0.2) is 0 Å². The number of nitrogens with zero attached hydrogens (tertiary/aromatic N) is 1. The number of amides is 1. The minimum atomic E-state index is -3.48. The zero-order valence-electron chi connectivity index (χ0n) is 13.3. The second kappa shape index (κ2) is 7.35. The molecule has 1 N–H and O–H groups in total. The SMILES string of the molecule is CC(NC(=O)C1CCCN(S(=O)(=O)c2cccs2)C1)c1cccs1. The minimum absolute atomic E-state index is 0.0539. The molecule has 5 nitrogen and oxygen atoms in total. The third kappa shape index (κ3) is 3.72. The number of thiophene rings is 2. The van der Waals surface area contributed by atoms with Gasteiger partial charge in [-0.25, -0.2) is 8.42 Å². The lowest BCUT2D eigenvalue weighted by Gasteiger charge is -2.31. The maximum absolute atomic E-state index is 12.6.